The Kier molecular flexibility index (Phi) is 8.34. The van der Waals surface area contributed by atoms with Crippen LogP contribution in [-0.2, 0) is 11.3 Å². The van der Waals surface area contributed by atoms with Crippen molar-refractivity contribution in [3.8, 4) is 22.6 Å². The predicted molar refractivity (Wildman–Crippen MR) is 159 cm³/mol. The van der Waals surface area contributed by atoms with Gasteiger partial charge in [0.15, 0.2) is 0 Å². The van der Waals surface area contributed by atoms with E-state index in [-0.39, 0.29) is 17.2 Å². The highest BCUT2D eigenvalue weighted by atomic mass is 35.5. The van der Waals surface area contributed by atoms with Gasteiger partial charge in [0.2, 0.25) is 5.91 Å². The van der Waals surface area contributed by atoms with Gasteiger partial charge in [-0.15, -0.1) is 0 Å². The lowest BCUT2D eigenvalue weighted by Gasteiger charge is -2.36. The highest BCUT2D eigenvalue weighted by molar-refractivity contribution is 6.30. The molecule has 2 N–H and O–H groups in total. The third-order valence-corrected chi connectivity index (χ3v) is 7.15. The Morgan fingerprint density at radius 3 is 2.27 bits per heavy atom. The molecule has 0 unspecified atom stereocenters. The van der Waals surface area contributed by atoms with Crippen molar-refractivity contribution in [2.45, 2.75) is 13.5 Å². The van der Waals surface area contributed by atoms with Crippen LogP contribution in [0.4, 0.5) is 11.4 Å². The normalized spacial score (nSPS) is 13.6. The van der Waals surface area contributed by atoms with Gasteiger partial charge in [0.25, 0.3) is 0 Å². The molecule has 7 nitrogen and oxygen atoms in total. The number of aromatic carboxylic acids is 1. The van der Waals surface area contributed by atoms with Gasteiger partial charge in [0.05, 0.1) is 0 Å². The molecule has 4 aromatic carbocycles. The largest absolute Gasteiger partial charge is 0.478 e. The number of carboxylic acids is 1. The zero-order valence-corrected chi connectivity index (χ0v) is 22.9. The fourth-order valence-electron chi connectivity index (χ4n) is 4.88. The van der Waals surface area contributed by atoms with Crippen LogP contribution in [0, 0.1) is 0 Å². The van der Waals surface area contributed by atoms with Crippen molar-refractivity contribution in [3.05, 3.63) is 107 Å². The van der Waals surface area contributed by atoms with Gasteiger partial charge in [-0.3, -0.25) is 9.69 Å². The van der Waals surface area contributed by atoms with Crippen molar-refractivity contribution in [2.24, 2.45) is 0 Å². The number of hydrogen-bond acceptors (Lipinski definition) is 5. The van der Waals surface area contributed by atoms with Gasteiger partial charge < -0.3 is 20.1 Å². The molecule has 1 heterocycles. The summed E-state index contributed by atoms with van der Waals surface area (Å²) in [5, 5.41) is 13.2. The quantitative estimate of drug-likeness (QED) is 0.249. The first kappa shape index (κ1) is 27.2. The number of piperazine rings is 1. The molecule has 8 heteroatoms. The van der Waals surface area contributed by atoms with E-state index in [1.807, 2.05) is 18.2 Å². The Hall–Kier alpha value is -4.33. The van der Waals surface area contributed by atoms with Crippen LogP contribution >= 0.6 is 11.6 Å². The Bertz CT molecular complexity index is 1500. The van der Waals surface area contributed by atoms with Crippen molar-refractivity contribution >= 4 is 34.9 Å². The van der Waals surface area contributed by atoms with Crippen molar-refractivity contribution in [3.63, 3.8) is 0 Å². The minimum Gasteiger partial charge on any atom is -0.478 e. The molecule has 0 atom stereocenters. The molecule has 0 aromatic heterocycles. The zero-order valence-electron chi connectivity index (χ0n) is 22.1. The average molecular weight is 556 g/mol. The van der Waals surface area contributed by atoms with E-state index in [9.17, 15) is 14.7 Å². The van der Waals surface area contributed by atoms with Crippen LogP contribution in [0.5, 0.6) is 11.5 Å². The summed E-state index contributed by atoms with van der Waals surface area (Å²) in [7, 11) is 0. The molecule has 204 valence electrons. The van der Waals surface area contributed by atoms with E-state index in [2.05, 4.69) is 51.5 Å². The maximum absolute atomic E-state index is 11.9. The van der Waals surface area contributed by atoms with Crippen LogP contribution in [0.25, 0.3) is 11.1 Å². The smallest absolute Gasteiger partial charge is 0.339 e. The highest BCUT2D eigenvalue weighted by Crippen LogP contribution is 2.32. The minimum atomic E-state index is -1.06. The molecule has 0 radical (unpaired) electrons. The van der Waals surface area contributed by atoms with Gasteiger partial charge in [-0.25, -0.2) is 4.79 Å². The number of carbonyl (C=O) groups is 2. The lowest BCUT2D eigenvalue weighted by atomic mass is 9.99. The second-order valence-electron chi connectivity index (χ2n) is 9.72. The van der Waals surface area contributed by atoms with Gasteiger partial charge in [0.1, 0.15) is 17.1 Å². The Morgan fingerprint density at radius 2 is 1.60 bits per heavy atom. The van der Waals surface area contributed by atoms with E-state index in [1.165, 1.54) is 18.1 Å². The van der Waals surface area contributed by atoms with Crippen molar-refractivity contribution in [1.29, 1.82) is 0 Å². The molecule has 5 rings (SSSR count). The third-order valence-electron chi connectivity index (χ3n) is 6.90. The number of rotatable bonds is 8. The number of ether oxygens (including phenoxy) is 1. The van der Waals surface area contributed by atoms with Crippen LogP contribution in [0.15, 0.2) is 91.0 Å². The fourth-order valence-corrected chi connectivity index (χ4v) is 5.01. The summed E-state index contributed by atoms with van der Waals surface area (Å²) in [6.07, 6.45) is 0. The summed E-state index contributed by atoms with van der Waals surface area (Å²) in [5.41, 5.74) is 5.26. The number of carbonyl (C=O) groups excluding carboxylic acids is 1. The molecule has 0 bridgehead atoms. The van der Waals surface area contributed by atoms with Gasteiger partial charge in [0, 0.05) is 62.1 Å². The Morgan fingerprint density at radius 1 is 0.900 bits per heavy atom. The maximum atomic E-state index is 11.9. The molecular weight excluding hydrogens is 526 g/mol. The number of halogens is 1. The third kappa shape index (κ3) is 6.62. The molecule has 40 heavy (non-hydrogen) atoms. The molecule has 4 aromatic rings. The van der Waals surface area contributed by atoms with E-state index in [0.717, 1.165) is 49.0 Å². The maximum Gasteiger partial charge on any atom is 0.339 e. The molecular formula is C32H30ClN3O4. The first-order valence-corrected chi connectivity index (χ1v) is 13.5. The zero-order chi connectivity index (χ0) is 28.1. The van der Waals surface area contributed by atoms with E-state index in [4.69, 9.17) is 16.3 Å². The Balaban J connectivity index is 1.26. The molecule has 1 aliphatic heterocycles. The summed E-state index contributed by atoms with van der Waals surface area (Å²) in [6, 6.07) is 28.4. The summed E-state index contributed by atoms with van der Waals surface area (Å²) < 4.78 is 5.99. The Labute approximate surface area is 238 Å². The molecule has 1 saturated heterocycles. The summed E-state index contributed by atoms with van der Waals surface area (Å²) in [6.45, 7) is 5.64. The second-order valence-corrected chi connectivity index (χ2v) is 10.2. The number of benzene rings is 4. The fraction of sp³-hybridized carbons (Fsp3) is 0.188. The van der Waals surface area contributed by atoms with Gasteiger partial charge in [-0.2, -0.15) is 0 Å². The predicted octanol–water partition coefficient (Wildman–Crippen LogP) is 6.78. The lowest BCUT2D eigenvalue weighted by Crippen LogP contribution is -2.46. The highest BCUT2D eigenvalue weighted by Gasteiger charge is 2.21. The molecule has 1 amide bonds. The van der Waals surface area contributed by atoms with Crippen LogP contribution in [0.3, 0.4) is 0 Å². The van der Waals surface area contributed by atoms with Crippen LogP contribution in [0.2, 0.25) is 5.02 Å². The number of nitrogens with one attached hydrogen (secondary N) is 1. The van der Waals surface area contributed by atoms with E-state index >= 15 is 0 Å². The average Bonchev–Trinajstić information content (AvgIpc) is 2.95. The van der Waals surface area contributed by atoms with Crippen molar-refractivity contribution < 1.29 is 19.4 Å². The van der Waals surface area contributed by atoms with Crippen LogP contribution < -0.4 is 15.0 Å². The van der Waals surface area contributed by atoms with Crippen LogP contribution in [-0.4, -0.2) is 48.1 Å². The lowest BCUT2D eigenvalue weighted by molar-refractivity contribution is -0.114. The van der Waals surface area contributed by atoms with Crippen molar-refractivity contribution in [1.82, 2.24) is 4.90 Å². The summed E-state index contributed by atoms with van der Waals surface area (Å²) in [5.74, 6) is -0.462. The van der Waals surface area contributed by atoms with Gasteiger partial charge in [-0.1, -0.05) is 48.0 Å². The first-order valence-electron chi connectivity index (χ1n) is 13.1. The number of anilines is 2. The summed E-state index contributed by atoms with van der Waals surface area (Å²) >= 11 is 6.09. The van der Waals surface area contributed by atoms with E-state index in [0.29, 0.717) is 11.4 Å². The monoisotopic (exact) mass is 555 g/mol. The number of hydrogen-bond donors (Lipinski definition) is 2. The van der Waals surface area contributed by atoms with Crippen molar-refractivity contribution in [2.75, 3.05) is 36.4 Å². The molecule has 0 saturated carbocycles. The summed E-state index contributed by atoms with van der Waals surface area (Å²) in [4.78, 5) is 27.8. The molecule has 0 aliphatic carbocycles. The SMILES string of the molecule is CC(=O)Nc1ccc(Oc2cc(N3CCN(Cc4ccccc4-c4ccc(Cl)cc4)CC3)ccc2C(=O)O)cc1. The van der Waals surface area contributed by atoms with Gasteiger partial charge >= 0.3 is 5.97 Å². The van der Waals surface area contributed by atoms with E-state index in [1.54, 1.807) is 36.4 Å². The number of nitrogens with zero attached hydrogens (tertiary/aromatic N) is 2. The minimum absolute atomic E-state index is 0.0899. The standard InChI is InChI=1S/C32H30ClN3O4/c1-22(37)34-26-10-13-28(14-11-26)40-31-20-27(12-15-30(31)32(38)39)36-18-16-35(17-19-36)21-24-4-2-3-5-29(24)23-6-8-25(33)9-7-23/h2-15,20H,16-19,21H2,1H3,(H,34,37)(H,38,39). The molecule has 0 spiro atoms. The molecule has 1 fully saturated rings. The van der Waals surface area contributed by atoms with E-state index < -0.39 is 5.97 Å². The van der Waals surface area contributed by atoms with Crippen LogP contribution in [0.1, 0.15) is 22.8 Å². The number of amides is 1. The molecule has 1 aliphatic rings. The number of carboxylic acid groups (broad SMARTS) is 1. The topological polar surface area (TPSA) is 82.1 Å². The first-order chi connectivity index (χ1) is 19.4. The second kappa shape index (κ2) is 12.2. The van der Waals surface area contributed by atoms with Gasteiger partial charge in [-0.05, 0) is 65.2 Å².